The van der Waals surface area contributed by atoms with Gasteiger partial charge in [0.25, 0.3) is 0 Å². The topological polar surface area (TPSA) is 78.4 Å². The SMILES string of the molecule is O=C(CSC1CCNCC1)Nc1cc(Br)ccc1C(=O)O. The van der Waals surface area contributed by atoms with E-state index in [1.54, 1.807) is 23.9 Å². The molecule has 1 amide bonds. The number of carbonyl (C=O) groups excluding carboxylic acids is 1. The quantitative estimate of drug-likeness (QED) is 0.740. The van der Waals surface area contributed by atoms with Crippen LogP contribution < -0.4 is 10.6 Å². The molecule has 0 radical (unpaired) electrons. The predicted octanol–water partition coefficient (Wildman–Crippen LogP) is 2.57. The van der Waals surface area contributed by atoms with Gasteiger partial charge in [-0.15, -0.1) is 11.8 Å². The standard InChI is InChI=1S/C14H17BrN2O3S/c15-9-1-2-11(14(19)20)12(7-9)17-13(18)8-21-10-3-5-16-6-4-10/h1-2,7,10,16H,3-6,8H2,(H,17,18)(H,19,20). The Kier molecular flexibility index (Phi) is 6.08. The van der Waals surface area contributed by atoms with E-state index in [-0.39, 0.29) is 11.5 Å². The summed E-state index contributed by atoms with van der Waals surface area (Å²) < 4.78 is 0.730. The Morgan fingerprint density at radius 3 is 2.76 bits per heavy atom. The molecule has 1 aromatic carbocycles. The first-order chi connectivity index (χ1) is 10.1. The molecule has 1 fully saturated rings. The molecule has 0 atom stereocenters. The van der Waals surface area contributed by atoms with Crippen molar-refractivity contribution in [2.75, 3.05) is 24.2 Å². The van der Waals surface area contributed by atoms with Crippen LogP contribution in [0.3, 0.4) is 0 Å². The zero-order valence-electron chi connectivity index (χ0n) is 11.4. The van der Waals surface area contributed by atoms with E-state index in [1.807, 2.05) is 0 Å². The molecule has 0 bridgehead atoms. The average molecular weight is 373 g/mol. The maximum absolute atomic E-state index is 12.0. The van der Waals surface area contributed by atoms with Crippen molar-refractivity contribution in [3.8, 4) is 0 Å². The number of hydrogen-bond acceptors (Lipinski definition) is 4. The van der Waals surface area contributed by atoms with Gasteiger partial charge in [-0.05, 0) is 44.1 Å². The number of amides is 1. The Hall–Kier alpha value is -1.05. The van der Waals surface area contributed by atoms with Crippen LogP contribution in [-0.4, -0.2) is 41.1 Å². The fourth-order valence-electron chi connectivity index (χ4n) is 2.15. The van der Waals surface area contributed by atoms with Crippen LogP contribution in [0.2, 0.25) is 0 Å². The molecule has 21 heavy (non-hydrogen) atoms. The lowest BCUT2D eigenvalue weighted by Crippen LogP contribution is -2.30. The van der Waals surface area contributed by atoms with Crippen molar-refractivity contribution < 1.29 is 14.7 Å². The summed E-state index contributed by atoms with van der Waals surface area (Å²) in [5.41, 5.74) is 0.422. The number of halogens is 1. The summed E-state index contributed by atoms with van der Waals surface area (Å²) in [6.07, 6.45) is 2.13. The number of piperidine rings is 1. The Bertz CT molecular complexity index is 533. The lowest BCUT2D eigenvalue weighted by molar-refractivity contribution is -0.113. The Morgan fingerprint density at radius 2 is 2.10 bits per heavy atom. The minimum Gasteiger partial charge on any atom is -0.478 e. The van der Waals surface area contributed by atoms with Crippen LogP contribution in [0.15, 0.2) is 22.7 Å². The van der Waals surface area contributed by atoms with Crippen LogP contribution in [0, 0.1) is 0 Å². The van der Waals surface area contributed by atoms with Crippen molar-refractivity contribution in [1.82, 2.24) is 5.32 Å². The maximum Gasteiger partial charge on any atom is 0.337 e. The molecule has 0 aromatic heterocycles. The van der Waals surface area contributed by atoms with Crippen LogP contribution in [0.1, 0.15) is 23.2 Å². The summed E-state index contributed by atoms with van der Waals surface area (Å²) in [4.78, 5) is 23.1. The molecule has 0 saturated carbocycles. The van der Waals surface area contributed by atoms with Gasteiger partial charge in [-0.3, -0.25) is 4.79 Å². The van der Waals surface area contributed by atoms with Gasteiger partial charge in [0.2, 0.25) is 5.91 Å². The third-order valence-corrected chi connectivity index (χ3v) is 5.09. The molecule has 1 aliphatic rings. The second-order valence-corrected chi connectivity index (χ2v) is 7.01. The van der Waals surface area contributed by atoms with Gasteiger partial charge >= 0.3 is 5.97 Å². The van der Waals surface area contributed by atoms with Crippen LogP contribution in [0.4, 0.5) is 5.69 Å². The van der Waals surface area contributed by atoms with E-state index in [4.69, 9.17) is 5.11 Å². The number of hydrogen-bond donors (Lipinski definition) is 3. The third kappa shape index (κ3) is 5.01. The van der Waals surface area contributed by atoms with Gasteiger partial charge in [0.05, 0.1) is 17.0 Å². The number of anilines is 1. The van der Waals surface area contributed by atoms with E-state index in [1.165, 1.54) is 6.07 Å². The number of carboxylic acid groups (broad SMARTS) is 1. The number of nitrogens with one attached hydrogen (secondary N) is 2. The number of aromatic carboxylic acids is 1. The zero-order chi connectivity index (χ0) is 15.2. The van der Waals surface area contributed by atoms with Gasteiger partial charge in [-0.2, -0.15) is 0 Å². The van der Waals surface area contributed by atoms with Crippen LogP contribution in [-0.2, 0) is 4.79 Å². The van der Waals surface area contributed by atoms with Crippen molar-refractivity contribution in [2.24, 2.45) is 0 Å². The van der Waals surface area contributed by atoms with Gasteiger partial charge in [0.15, 0.2) is 0 Å². The van der Waals surface area contributed by atoms with Gasteiger partial charge in [0, 0.05) is 9.72 Å². The summed E-state index contributed by atoms with van der Waals surface area (Å²) in [5, 5.41) is 15.6. The molecule has 5 nitrogen and oxygen atoms in total. The van der Waals surface area contributed by atoms with E-state index in [9.17, 15) is 9.59 Å². The van der Waals surface area contributed by atoms with Crippen LogP contribution in [0.5, 0.6) is 0 Å². The number of benzene rings is 1. The van der Waals surface area contributed by atoms with E-state index in [0.29, 0.717) is 16.7 Å². The highest BCUT2D eigenvalue weighted by atomic mass is 79.9. The number of thioether (sulfide) groups is 1. The molecule has 0 spiro atoms. The summed E-state index contributed by atoms with van der Waals surface area (Å²) in [5.74, 6) is -0.876. The van der Waals surface area contributed by atoms with E-state index >= 15 is 0 Å². The molecular weight excluding hydrogens is 356 g/mol. The number of carboxylic acids is 1. The minimum atomic E-state index is -1.05. The summed E-state index contributed by atoms with van der Waals surface area (Å²) in [6.45, 7) is 1.99. The lowest BCUT2D eigenvalue weighted by atomic mass is 10.2. The maximum atomic E-state index is 12.0. The molecule has 3 N–H and O–H groups in total. The van der Waals surface area contributed by atoms with Crippen molar-refractivity contribution >= 4 is 45.3 Å². The summed E-state index contributed by atoms with van der Waals surface area (Å²) in [6, 6.07) is 4.72. The monoisotopic (exact) mass is 372 g/mol. The largest absolute Gasteiger partial charge is 0.478 e. The highest BCUT2D eigenvalue weighted by Crippen LogP contribution is 2.23. The first kappa shape index (κ1) is 16.3. The highest BCUT2D eigenvalue weighted by Gasteiger charge is 2.17. The Morgan fingerprint density at radius 1 is 1.38 bits per heavy atom. The van der Waals surface area contributed by atoms with E-state index in [0.717, 1.165) is 30.4 Å². The lowest BCUT2D eigenvalue weighted by Gasteiger charge is -2.21. The van der Waals surface area contributed by atoms with E-state index < -0.39 is 5.97 Å². The molecule has 1 saturated heterocycles. The van der Waals surface area contributed by atoms with Crippen molar-refractivity contribution in [3.63, 3.8) is 0 Å². The van der Waals surface area contributed by atoms with E-state index in [2.05, 4.69) is 26.6 Å². The minimum absolute atomic E-state index is 0.0958. The van der Waals surface area contributed by atoms with Crippen LogP contribution >= 0.6 is 27.7 Å². The Labute approximate surface area is 136 Å². The third-order valence-electron chi connectivity index (χ3n) is 3.22. The van der Waals surface area contributed by atoms with Gasteiger partial charge in [-0.25, -0.2) is 4.79 Å². The smallest absolute Gasteiger partial charge is 0.337 e. The molecule has 1 aromatic rings. The molecule has 0 aliphatic carbocycles. The summed E-state index contributed by atoms with van der Waals surface area (Å²) >= 11 is 4.91. The highest BCUT2D eigenvalue weighted by molar-refractivity contribution is 9.10. The van der Waals surface area contributed by atoms with Crippen LogP contribution in [0.25, 0.3) is 0 Å². The average Bonchev–Trinajstić information content (AvgIpc) is 2.46. The summed E-state index contributed by atoms with van der Waals surface area (Å²) in [7, 11) is 0. The fourth-order valence-corrected chi connectivity index (χ4v) is 3.54. The molecule has 7 heteroatoms. The number of rotatable bonds is 5. The van der Waals surface area contributed by atoms with Crippen molar-refractivity contribution in [2.45, 2.75) is 18.1 Å². The Balaban J connectivity index is 1.92. The molecule has 1 aliphatic heterocycles. The predicted molar refractivity (Wildman–Crippen MR) is 88.1 cm³/mol. The van der Waals surface area contributed by atoms with Gasteiger partial charge in [-0.1, -0.05) is 15.9 Å². The molecule has 2 rings (SSSR count). The number of carbonyl (C=O) groups is 2. The molecule has 1 heterocycles. The first-order valence-corrected chi connectivity index (χ1v) is 8.55. The zero-order valence-corrected chi connectivity index (χ0v) is 13.8. The van der Waals surface area contributed by atoms with Crippen molar-refractivity contribution in [3.05, 3.63) is 28.2 Å². The molecule has 114 valence electrons. The first-order valence-electron chi connectivity index (χ1n) is 6.71. The second kappa shape index (κ2) is 7.82. The van der Waals surface area contributed by atoms with Gasteiger partial charge in [0.1, 0.15) is 0 Å². The molecular formula is C14H17BrN2O3S. The molecule has 0 unspecified atom stereocenters. The second-order valence-electron chi connectivity index (χ2n) is 4.80. The van der Waals surface area contributed by atoms with Crippen molar-refractivity contribution in [1.29, 1.82) is 0 Å². The fraction of sp³-hybridized carbons (Fsp3) is 0.429. The van der Waals surface area contributed by atoms with Gasteiger partial charge < -0.3 is 15.7 Å². The normalized spacial score (nSPS) is 15.7.